The molecule has 0 atom stereocenters. The summed E-state index contributed by atoms with van der Waals surface area (Å²) in [6.45, 7) is 5.55. The Bertz CT molecular complexity index is 51.1. The number of carbonyl (C=O) groups excluding carboxylic acids is 1. The lowest BCUT2D eigenvalue weighted by Crippen LogP contribution is -2.09. The lowest BCUT2D eigenvalue weighted by molar-refractivity contribution is -0.121. The van der Waals surface area contributed by atoms with Crippen LogP contribution in [-0.4, -0.2) is 18.6 Å². The SMILES string of the molecule is CB(O)OC=O.CC.[2HH]. The van der Waals surface area contributed by atoms with E-state index in [1.807, 2.05) is 13.8 Å². The van der Waals surface area contributed by atoms with Gasteiger partial charge in [0.1, 0.15) is 0 Å². The summed E-state index contributed by atoms with van der Waals surface area (Å²) < 4.78 is 3.92. The molecule has 0 rings (SSSR count). The van der Waals surface area contributed by atoms with Gasteiger partial charge >= 0.3 is 7.12 Å². The minimum absolute atomic E-state index is 0. The predicted octanol–water partition coefficient (Wildman–Crippen LogP) is 0.542. The molecule has 50 valence electrons. The molecule has 0 saturated carbocycles. The first kappa shape index (κ1) is 10.5. The van der Waals surface area contributed by atoms with Crippen molar-refractivity contribution in [2.75, 3.05) is 0 Å². The first-order valence-electron chi connectivity index (χ1n) is 2.54. The van der Waals surface area contributed by atoms with Crippen LogP contribution in [0.2, 0.25) is 6.82 Å². The van der Waals surface area contributed by atoms with Crippen LogP contribution in [0.25, 0.3) is 0 Å². The molecular weight excluding hydrogens is 107 g/mol. The first-order valence-corrected chi connectivity index (χ1v) is 2.54. The van der Waals surface area contributed by atoms with Gasteiger partial charge in [-0.2, -0.15) is 0 Å². The summed E-state index contributed by atoms with van der Waals surface area (Å²) in [5.41, 5.74) is 0. The van der Waals surface area contributed by atoms with E-state index in [0.717, 1.165) is 0 Å². The molecule has 0 aliphatic heterocycles. The van der Waals surface area contributed by atoms with Crippen LogP contribution in [0, 0.1) is 0 Å². The standard InChI is InChI=1S/C2H5BO3.C2H6.H2/c1-3(5)6-2-4;1-2;/h2,5H,1H3;1-2H3;1H/i;;1+1. The highest BCUT2D eigenvalue weighted by molar-refractivity contribution is 6.42. The van der Waals surface area contributed by atoms with Crippen molar-refractivity contribution in [3.05, 3.63) is 0 Å². The van der Waals surface area contributed by atoms with Crippen molar-refractivity contribution in [2.45, 2.75) is 20.7 Å². The van der Waals surface area contributed by atoms with Crippen LogP contribution >= 0.6 is 0 Å². The summed E-state index contributed by atoms with van der Waals surface area (Å²) in [7, 11) is -0.970. The molecule has 0 radical (unpaired) electrons. The van der Waals surface area contributed by atoms with E-state index in [4.69, 9.17) is 5.02 Å². The Balaban J connectivity index is -0.000000109. The Kier molecular flexibility index (Phi) is 12.7. The largest absolute Gasteiger partial charge is 0.520 e. The van der Waals surface area contributed by atoms with E-state index in [-0.39, 0.29) is 7.90 Å². The number of rotatable bonds is 2. The molecule has 0 aromatic heterocycles. The minimum atomic E-state index is -0.970. The van der Waals surface area contributed by atoms with Crippen LogP contribution in [0.1, 0.15) is 15.3 Å². The van der Waals surface area contributed by atoms with Gasteiger partial charge in [0.05, 0.1) is 0 Å². The van der Waals surface area contributed by atoms with Gasteiger partial charge in [0.15, 0.2) is 0 Å². The molecule has 3 nitrogen and oxygen atoms in total. The molecule has 0 saturated heterocycles. The lowest BCUT2D eigenvalue weighted by atomic mass is 9.97. The zero-order chi connectivity index (χ0) is 6.99. The number of carbonyl (C=O) groups is 1. The van der Waals surface area contributed by atoms with Crippen molar-refractivity contribution in [2.24, 2.45) is 0 Å². The maximum Gasteiger partial charge on any atom is 0.520 e. The van der Waals surface area contributed by atoms with Gasteiger partial charge in [-0.3, -0.25) is 4.79 Å². The van der Waals surface area contributed by atoms with Crippen molar-refractivity contribution < 1.29 is 15.9 Å². The molecule has 0 amide bonds. The van der Waals surface area contributed by atoms with Gasteiger partial charge in [-0.25, -0.2) is 0 Å². The summed E-state index contributed by atoms with van der Waals surface area (Å²) in [6.07, 6.45) is 0. The fraction of sp³-hybridized carbons (Fsp3) is 0.750. The summed E-state index contributed by atoms with van der Waals surface area (Å²) in [6, 6.07) is 0. The van der Waals surface area contributed by atoms with Gasteiger partial charge in [0.2, 0.25) is 0 Å². The summed E-state index contributed by atoms with van der Waals surface area (Å²) in [5, 5.41) is 8.10. The maximum absolute atomic E-state index is 9.23. The van der Waals surface area contributed by atoms with Crippen LogP contribution in [0.5, 0.6) is 0 Å². The van der Waals surface area contributed by atoms with Crippen LogP contribution in [0.3, 0.4) is 0 Å². The van der Waals surface area contributed by atoms with Crippen molar-refractivity contribution >= 4 is 13.6 Å². The smallest absolute Gasteiger partial charge is 0.512 e. The summed E-state index contributed by atoms with van der Waals surface area (Å²) in [4.78, 5) is 9.23. The predicted molar refractivity (Wildman–Crippen MR) is 34.4 cm³/mol. The second-order valence-corrected chi connectivity index (χ2v) is 0.832. The average Bonchev–Trinajstić information content (AvgIpc) is 1.72. The number of hydrogen-bond donors (Lipinski definition) is 1. The second-order valence-electron chi connectivity index (χ2n) is 0.832. The fourth-order valence-corrected chi connectivity index (χ4v) is 0.0804. The molecule has 0 unspecified atom stereocenters. The highest BCUT2D eigenvalue weighted by Crippen LogP contribution is 1.68. The highest BCUT2D eigenvalue weighted by atomic mass is 16.5. The number of hydrogen-bond acceptors (Lipinski definition) is 3. The van der Waals surface area contributed by atoms with E-state index in [1.165, 1.54) is 6.82 Å². The molecular formula is C4H13BO3. The van der Waals surface area contributed by atoms with Gasteiger partial charge in [-0.1, -0.05) is 13.8 Å². The van der Waals surface area contributed by atoms with Crippen molar-refractivity contribution in [1.29, 1.82) is 0 Å². The fourth-order valence-electron chi connectivity index (χ4n) is 0.0804. The van der Waals surface area contributed by atoms with Crippen molar-refractivity contribution in [1.82, 2.24) is 0 Å². The van der Waals surface area contributed by atoms with E-state index in [9.17, 15) is 4.79 Å². The molecule has 0 fully saturated rings. The summed E-state index contributed by atoms with van der Waals surface area (Å²) >= 11 is 0. The molecule has 0 heterocycles. The first-order chi connectivity index (χ1) is 3.77. The average molecular weight is 121 g/mol. The van der Waals surface area contributed by atoms with Gasteiger partial charge in [0.25, 0.3) is 6.47 Å². The Morgan fingerprint density at radius 2 is 2.12 bits per heavy atom. The molecule has 4 heteroatoms. The van der Waals surface area contributed by atoms with Gasteiger partial charge in [0, 0.05) is 1.43 Å². The Hall–Kier alpha value is -0.505. The molecule has 8 heavy (non-hydrogen) atoms. The Morgan fingerprint density at radius 3 is 2.12 bits per heavy atom. The van der Waals surface area contributed by atoms with Crippen LogP contribution in [0.4, 0.5) is 0 Å². The third-order valence-corrected chi connectivity index (χ3v) is 0.252. The van der Waals surface area contributed by atoms with Gasteiger partial charge in [-0.05, 0) is 6.82 Å². The molecule has 0 bridgehead atoms. The maximum atomic E-state index is 9.23. The molecule has 1 N–H and O–H groups in total. The van der Waals surface area contributed by atoms with Crippen LogP contribution in [0.15, 0.2) is 0 Å². The van der Waals surface area contributed by atoms with Crippen molar-refractivity contribution in [3.8, 4) is 0 Å². The Morgan fingerprint density at radius 1 is 1.75 bits per heavy atom. The molecule has 0 aliphatic rings. The van der Waals surface area contributed by atoms with E-state index in [0.29, 0.717) is 0 Å². The van der Waals surface area contributed by atoms with E-state index in [1.54, 1.807) is 0 Å². The lowest BCUT2D eigenvalue weighted by Gasteiger charge is -1.89. The monoisotopic (exact) mass is 121 g/mol. The van der Waals surface area contributed by atoms with E-state index < -0.39 is 7.12 Å². The molecule has 0 aromatic rings. The molecule has 0 spiro atoms. The normalized spacial score (nSPS) is 6.00. The Labute approximate surface area is 51.3 Å². The quantitative estimate of drug-likeness (QED) is 0.428. The molecule has 0 aromatic carbocycles. The molecule has 0 aliphatic carbocycles. The van der Waals surface area contributed by atoms with Gasteiger partial charge < -0.3 is 9.68 Å². The zero-order valence-corrected chi connectivity index (χ0v) is 5.42. The topological polar surface area (TPSA) is 46.5 Å². The highest BCUT2D eigenvalue weighted by Gasteiger charge is 1.99. The summed E-state index contributed by atoms with van der Waals surface area (Å²) in [5.74, 6) is 0. The van der Waals surface area contributed by atoms with Crippen molar-refractivity contribution in [3.63, 3.8) is 0 Å². The third-order valence-electron chi connectivity index (χ3n) is 0.252. The second kappa shape index (κ2) is 9.71. The van der Waals surface area contributed by atoms with Crippen LogP contribution < -0.4 is 0 Å². The zero-order valence-electron chi connectivity index (χ0n) is 5.42. The van der Waals surface area contributed by atoms with Gasteiger partial charge in [-0.15, -0.1) is 0 Å². The third kappa shape index (κ3) is 17.8. The minimum Gasteiger partial charge on any atom is -0.512 e. The van der Waals surface area contributed by atoms with E-state index in [2.05, 4.69) is 4.65 Å². The van der Waals surface area contributed by atoms with E-state index >= 15 is 0 Å². The van der Waals surface area contributed by atoms with Crippen LogP contribution in [-0.2, 0) is 9.45 Å².